The quantitative estimate of drug-likeness (QED) is 0.861. The molecule has 0 aliphatic carbocycles. The molecule has 1 aliphatic heterocycles. The van der Waals surface area contributed by atoms with Crippen molar-refractivity contribution in [3.63, 3.8) is 0 Å². The normalized spacial score (nSPS) is 21.2. The number of hydrogen-bond donors (Lipinski definition) is 2. The lowest BCUT2D eigenvalue weighted by Crippen LogP contribution is -2.50. The van der Waals surface area contributed by atoms with Gasteiger partial charge in [0.2, 0.25) is 5.91 Å². The number of nitrogens with one attached hydrogen (secondary N) is 2. The fourth-order valence-corrected chi connectivity index (χ4v) is 2.46. The molecule has 1 fully saturated rings. The van der Waals surface area contributed by atoms with E-state index in [4.69, 9.17) is 10.00 Å². The molecule has 1 heterocycles. The van der Waals surface area contributed by atoms with Crippen LogP contribution in [0.1, 0.15) is 26.2 Å². The summed E-state index contributed by atoms with van der Waals surface area (Å²) in [5, 5.41) is 14.7. The Bertz CT molecular complexity index is 499. The highest BCUT2D eigenvalue weighted by atomic mass is 16.5. The van der Waals surface area contributed by atoms with E-state index in [0.717, 1.165) is 31.5 Å². The molecule has 0 spiro atoms. The summed E-state index contributed by atoms with van der Waals surface area (Å²) in [6.07, 6.45) is 2.68. The smallest absolute Gasteiger partial charge is 0.244 e. The average Bonchev–Trinajstić information content (AvgIpc) is 2.97. The summed E-state index contributed by atoms with van der Waals surface area (Å²) >= 11 is 0. The van der Waals surface area contributed by atoms with E-state index in [1.54, 1.807) is 24.3 Å². The molecule has 0 aromatic heterocycles. The van der Waals surface area contributed by atoms with Crippen molar-refractivity contribution in [1.82, 2.24) is 5.32 Å². The van der Waals surface area contributed by atoms with Gasteiger partial charge in [-0.3, -0.25) is 4.79 Å². The van der Waals surface area contributed by atoms with Crippen molar-refractivity contribution in [2.75, 3.05) is 18.5 Å². The first-order valence-corrected chi connectivity index (χ1v) is 6.86. The van der Waals surface area contributed by atoms with Crippen LogP contribution in [0.5, 0.6) is 5.75 Å². The lowest BCUT2D eigenvalue weighted by molar-refractivity contribution is -0.122. The first-order chi connectivity index (χ1) is 9.70. The first-order valence-electron chi connectivity index (χ1n) is 6.86. The summed E-state index contributed by atoms with van der Waals surface area (Å²) in [4.78, 5) is 12.4. The van der Waals surface area contributed by atoms with Crippen LogP contribution in [0.25, 0.3) is 0 Å². The van der Waals surface area contributed by atoms with E-state index in [-0.39, 0.29) is 12.5 Å². The summed E-state index contributed by atoms with van der Waals surface area (Å²) in [6.45, 7) is 2.94. The zero-order chi connectivity index (χ0) is 14.4. The second kappa shape index (κ2) is 6.40. The van der Waals surface area contributed by atoms with Crippen molar-refractivity contribution in [3.05, 3.63) is 24.3 Å². The minimum Gasteiger partial charge on any atom is -0.479 e. The Morgan fingerprint density at radius 3 is 2.80 bits per heavy atom. The van der Waals surface area contributed by atoms with Crippen molar-refractivity contribution >= 4 is 11.6 Å². The lowest BCUT2D eigenvalue weighted by atomic mass is 9.93. The van der Waals surface area contributed by atoms with Crippen LogP contribution in [0, 0.1) is 11.3 Å². The molecule has 1 amide bonds. The molecular weight excluding hydrogens is 254 g/mol. The zero-order valence-electron chi connectivity index (χ0n) is 11.6. The highest BCUT2D eigenvalue weighted by Gasteiger charge is 2.38. The van der Waals surface area contributed by atoms with Gasteiger partial charge in [-0.05, 0) is 50.1 Å². The topological polar surface area (TPSA) is 74.1 Å². The van der Waals surface area contributed by atoms with E-state index in [2.05, 4.69) is 10.6 Å². The van der Waals surface area contributed by atoms with E-state index >= 15 is 0 Å². The number of nitriles is 1. The summed E-state index contributed by atoms with van der Waals surface area (Å²) in [5.41, 5.74) is 0.302. The third kappa shape index (κ3) is 3.09. The molecule has 5 nitrogen and oxygen atoms in total. The number of rotatable bonds is 5. The monoisotopic (exact) mass is 273 g/mol. The van der Waals surface area contributed by atoms with Gasteiger partial charge in [0, 0.05) is 5.69 Å². The number of hydrogen-bond acceptors (Lipinski definition) is 4. The Balaban J connectivity index is 1.99. The largest absolute Gasteiger partial charge is 0.479 e. The fraction of sp³-hybridized carbons (Fsp3) is 0.467. The average molecular weight is 273 g/mol. The van der Waals surface area contributed by atoms with Gasteiger partial charge < -0.3 is 15.4 Å². The Hall–Kier alpha value is -2.06. The number of nitrogens with zero attached hydrogens (tertiary/aromatic N) is 1. The molecule has 106 valence electrons. The predicted octanol–water partition coefficient (Wildman–Crippen LogP) is 2.06. The lowest BCUT2D eigenvalue weighted by Gasteiger charge is -2.26. The second-order valence-corrected chi connectivity index (χ2v) is 4.89. The Morgan fingerprint density at radius 2 is 2.25 bits per heavy atom. The maximum atomic E-state index is 12.4. The molecular formula is C15H19N3O2. The summed E-state index contributed by atoms with van der Waals surface area (Å²) in [7, 11) is 0. The van der Waals surface area contributed by atoms with Crippen molar-refractivity contribution in [2.45, 2.75) is 31.7 Å². The molecule has 2 rings (SSSR count). The van der Waals surface area contributed by atoms with E-state index in [1.165, 1.54) is 0 Å². The Kier molecular flexibility index (Phi) is 4.59. The number of carbonyl (C=O) groups is 1. The predicted molar refractivity (Wildman–Crippen MR) is 76.4 cm³/mol. The molecule has 20 heavy (non-hydrogen) atoms. The molecule has 1 aromatic rings. The van der Waals surface area contributed by atoms with Gasteiger partial charge in [-0.15, -0.1) is 0 Å². The van der Waals surface area contributed by atoms with E-state index in [9.17, 15) is 4.79 Å². The van der Waals surface area contributed by atoms with Crippen molar-refractivity contribution < 1.29 is 9.53 Å². The molecule has 1 aliphatic rings. The van der Waals surface area contributed by atoms with Crippen molar-refractivity contribution in [3.8, 4) is 11.8 Å². The summed E-state index contributed by atoms with van der Waals surface area (Å²) < 4.78 is 5.17. The van der Waals surface area contributed by atoms with Crippen LogP contribution in [-0.2, 0) is 4.79 Å². The van der Waals surface area contributed by atoms with Gasteiger partial charge in [-0.25, -0.2) is 0 Å². The molecule has 1 aromatic carbocycles. The number of anilines is 1. The molecule has 5 heteroatoms. The summed E-state index contributed by atoms with van der Waals surface area (Å²) in [6, 6.07) is 8.96. The van der Waals surface area contributed by atoms with Gasteiger partial charge in [0.25, 0.3) is 0 Å². The number of ether oxygens (including phenoxy) is 1. The first kappa shape index (κ1) is 14.4. The van der Waals surface area contributed by atoms with E-state index in [0.29, 0.717) is 5.75 Å². The van der Waals surface area contributed by atoms with Gasteiger partial charge >= 0.3 is 0 Å². The van der Waals surface area contributed by atoms with Gasteiger partial charge in [0.1, 0.15) is 11.8 Å². The molecule has 2 N–H and O–H groups in total. The van der Waals surface area contributed by atoms with Crippen LogP contribution >= 0.6 is 0 Å². The van der Waals surface area contributed by atoms with Crippen LogP contribution in [-0.4, -0.2) is 24.6 Å². The van der Waals surface area contributed by atoms with Gasteiger partial charge in [0.05, 0.1) is 5.54 Å². The van der Waals surface area contributed by atoms with Crippen LogP contribution < -0.4 is 15.4 Å². The Labute approximate surface area is 118 Å². The number of carbonyl (C=O) groups excluding carboxylic acids is 1. The van der Waals surface area contributed by atoms with Crippen molar-refractivity contribution in [2.24, 2.45) is 0 Å². The fourth-order valence-electron chi connectivity index (χ4n) is 2.46. The van der Waals surface area contributed by atoms with Gasteiger partial charge in [0.15, 0.2) is 6.61 Å². The maximum absolute atomic E-state index is 12.4. The van der Waals surface area contributed by atoms with Crippen LogP contribution in [0.4, 0.5) is 5.69 Å². The van der Waals surface area contributed by atoms with Crippen LogP contribution in [0.2, 0.25) is 0 Å². The third-order valence-corrected chi connectivity index (χ3v) is 3.70. The second-order valence-electron chi connectivity index (χ2n) is 4.89. The maximum Gasteiger partial charge on any atom is 0.244 e. The minimum atomic E-state index is -0.435. The number of benzene rings is 1. The molecule has 0 saturated carbocycles. The molecule has 0 radical (unpaired) electrons. The highest BCUT2D eigenvalue weighted by Crippen LogP contribution is 2.25. The van der Waals surface area contributed by atoms with Crippen LogP contribution in [0.15, 0.2) is 24.3 Å². The van der Waals surface area contributed by atoms with E-state index < -0.39 is 5.54 Å². The van der Waals surface area contributed by atoms with Gasteiger partial charge in [-0.2, -0.15) is 5.26 Å². The van der Waals surface area contributed by atoms with Crippen molar-refractivity contribution in [1.29, 1.82) is 5.26 Å². The Morgan fingerprint density at radius 1 is 1.50 bits per heavy atom. The molecule has 0 bridgehead atoms. The number of amides is 1. The molecule has 1 atom stereocenters. The molecule has 1 unspecified atom stereocenters. The van der Waals surface area contributed by atoms with Gasteiger partial charge in [-0.1, -0.05) is 6.92 Å². The van der Waals surface area contributed by atoms with Crippen LogP contribution in [0.3, 0.4) is 0 Å². The standard InChI is InChI=1S/C15H19N3O2/c1-2-15(8-3-10-17-15)14(19)18-12-4-6-13(7-5-12)20-11-9-16/h4-7,17H,2-3,8,10-11H2,1H3,(H,18,19). The minimum absolute atomic E-state index is 0.0168. The summed E-state index contributed by atoms with van der Waals surface area (Å²) in [5.74, 6) is 0.636. The zero-order valence-corrected chi connectivity index (χ0v) is 11.6. The third-order valence-electron chi connectivity index (χ3n) is 3.70. The highest BCUT2D eigenvalue weighted by molar-refractivity contribution is 5.98. The van der Waals surface area contributed by atoms with E-state index in [1.807, 2.05) is 13.0 Å². The SMILES string of the molecule is CCC1(C(=O)Nc2ccc(OCC#N)cc2)CCCN1. The molecule has 1 saturated heterocycles.